The SMILES string of the molecule is Cc1cc2[nH]c(-c3ccc([N+](=O)[O-])s3)nc2cc1F. The van der Waals surface area contributed by atoms with E-state index >= 15 is 0 Å². The number of hydrogen-bond donors (Lipinski definition) is 1. The summed E-state index contributed by atoms with van der Waals surface area (Å²) < 4.78 is 13.4. The van der Waals surface area contributed by atoms with Crippen molar-refractivity contribution in [3.8, 4) is 10.7 Å². The fourth-order valence-corrected chi connectivity index (χ4v) is 2.57. The number of rotatable bonds is 2. The molecule has 0 atom stereocenters. The lowest BCUT2D eigenvalue weighted by molar-refractivity contribution is -0.380. The molecule has 7 heteroatoms. The van der Waals surface area contributed by atoms with Crippen LogP contribution in [0.4, 0.5) is 9.39 Å². The molecule has 0 amide bonds. The Labute approximate surface area is 110 Å². The number of fused-ring (bicyclic) bond motifs is 1. The van der Waals surface area contributed by atoms with E-state index in [-0.39, 0.29) is 10.8 Å². The molecule has 0 aliphatic heterocycles. The number of nitro groups is 1. The molecule has 2 aromatic heterocycles. The molecule has 96 valence electrons. The van der Waals surface area contributed by atoms with Gasteiger partial charge in [0, 0.05) is 12.1 Å². The average molecular weight is 277 g/mol. The molecular formula is C12H8FN3O2S. The molecule has 0 saturated carbocycles. The molecular weight excluding hydrogens is 269 g/mol. The lowest BCUT2D eigenvalue weighted by Crippen LogP contribution is -1.81. The molecule has 1 aromatic carbocycles. The zero-order valence-electron chi connectivity index (χ0n) is 9.81. The van der Waals surface area contributed by atoms with Gasteiger partial charge in [-0.1, -0.05) is 11.3 Å². The summed E-state index contributed by atoms with van der Waals surface area (Å²) in [6.07, 6.45) is 0. The van der Waals surface area contributed by atoms with Crippen molar-refractivity contribution in [1.82, 2.24) is 9.97 Å². The number of halogens is 1. The molecule has 3 aromatic rings. The van der Waals surface area contributed by atoms with Gasteiger partial charge in [0.15, 0.2) is 0 Å². The number of nitrogens with one attached hydrogen (secondary N) is 1. The molecule has 0 saturated heterocycles. The van der Waals surface area contributed by atoms with Gasteiger partial charge in [-0.15, -0.1) is 0 Å². The second-order valence-corrected chi connectivity index (χ2v) is 5.16. The van der Waals surface area contributed by atoms with Crippen molar-refractivity contribution in [2.24, 2.45) is 0 Å². The third-order valence-electron chi connectivity index (χ3n) is 2.77. The van der Waals surface area contributed by atoms with E-state index in [1.807, 2.05) is 0 Å². The maximum absolute atomic E-state index is 13.4. The Bertz CT molecular complexity index is 754. The fraction of sp³-hybridized carbons (Fsp3) is 0.0833. The molecule has 19 heavy (non-hydrogen) atoms. The number of H-pyrrole nitrogens is 1. The lowest BCUT2D eigenvalue weighted by atomic mass is 10.2. The van der Waals surface area contributed by atoms with Crippen LogP contribution < -0.4 is 0 Å². The number of imidazole rings is 1. The maximum Gasteiger partial charge on any atom is 0.324 e. The number of nitrogens with zero attached hydrogens (tertiary/aromatic N) is 2. The molecule has 3 rings (SSSR count). The van der Waals surface area contributed by atoms with Gasteiger partial charge in [-0.05, 0) is 24.6 Å². The van der Waals surface area contributed by atoms with Gasteiger partial charge in [-0.3, -0.25) is 10.1 Å². The van der Waals surface area contributed by atoms with Gasteiger partial charge in [-0.25, -0.2) is 9.37 Å². The summed E-state index contributed by atoms with van der Waals surface area (Å²) in [5, 5.41) is 10.7. The molecule has 0 spiro atoms. The van der Waals surface area contributed by atoms with Crippen molar-refractivity contribution in [2.45, 2.75) is 6.92 Å². The number of hydrogen-bond acceptors (Lipinski definition) is 4. The highest BCUT2D eigenvalue weighted by atomic mass is 32.1. The number of benzene rings is 1. The topological polar surface area (TPSA) is 71.8 Å². The first-order chi connectivity index (χ1) is 9.04. The van der Waals surface area contributed by atoms with Crippen LogP contribution >= 0.6 is 11.3 Å². The van der Waals surface area contributed by atoms with Crippen LogP contribution in [0.25, 0.3) is 21.7 Å². The summed E-state index contributed by atoms with van der Waals surface area (Å²) in [5.74, 6) is 0.195. The van der Waals surface area contributed by atoms with E-state index in [1.165, 1.54) is 12.1 Å². The van der Waals surface area contributed by atoms with Gasteiger partial charge in [-0.2, -0.15) is 0 Å². The van der Waals surface area contributed by atoms with Gasteiger partial charge >= 0.3 is 5.00 Å². The minimum atomic E-state index is -0.444. The van der Waals surface area contributed by atoms with E-state index in [1.54, 1.807) is 19.1 Å². The van der Waals surface area contributed by atoms with Gasteiger partial charge in [0.1, 0.15) is 11.6 Å². The highest BCUT2D eigenvalue weighted by molar-refractivity contribution is 7.18. The summed E-state index contributed by atoms with van der Waals surface area (Å²) in [5.41, 5.74) is 1.75. The minimum absolute atomic E-state index is 0.0535. The Morgan fingerprint density at radius 3 is 2.89 bits per heavy atom. The molecule has 0 radical (unpaired) electrons. The molecule has 0 unspecified atom stereocenters. The van der Waals surface area contributed by atoms with E-state index < -0.39 is 4.92 Å². The lowest BCUT2D eigenvalue weighted by Gasteiger charge is -1.93. The van der Waals surface area contributed by atoms with Crippen molar-refractivity contribution in [3.63, 3.8) is 0 Å². The van der Waals surface area contributed by atoms with Crippen LogP contribution in [0.2, 0.25) is 0 Å². The third kappa shape index (κ3) is 1.97. The van der Waals surface area contributed by atoms with Crippen molar-refractivity contribution in [1.29, 1.82) is 0 Å². The third-order valence-corrected chi connectivity index (χ3v) is 3.81. The first-order valence-corrected chi connectivity index (χ1v) is 6.27. The van der Waals surface area contributed by atoms with Crippen molar-refractivity contribution < 1.29 is 9.31 Å². The molecule has 2 heterocycles. The molecule has 0 fully saturated rings. The molecule has 0 aliphatic carbocycles. The quantitative estimate of drug-likeness (QED) is 0.574. The van der Waals surface area contributed by atoms with E-state index in [0.717, 1.165) is 11.3 Å². The van der Waals surface area contributed by atoms with Gasteiger partial charge < -0.3 is 4.98 Å². The van der Waals surface area contributed by atoms with Crippen LogP contribution in [0.1, 0.15) is 5.56 Å². The van der Waals surface area contributed by atoms with Crippen molar-refractivity contribution >= 4 is 27.4 Å². The highest BCUT2D eigenvalue weighted by Crippen LogP contribution is 2.32. The monoisotopic (exact) mass is 277 g/mol. The maximum atomic E-state index is 13.4. The van der Waals surface area contributed by atoms with Gasteiger partial charge in [0.25, 0.3) is 0 Å². The predicted molar refractivity (Wildman–Crippen MR) is 70.8 cm³/mol. The number of aromatic nitrogens is 2. The second-order valence-electron chi connectivity index (χ2n) is 4.10. The van der Waals surface area contributed by atoms with Gasteiger partial charge in [0.05, 0.1) is 20.8 Å². The van der Waals surface area contributed by atoms with Crippen LogP contribution in [-0.2, 0) is 0 Å². The zero-order valence-corrected chi connectivity index (χ0v) is 10.6. The smallest absolute Gasteiger partial charge is 0.324 e. The number of aryl methyl sites for hydroxylation is 1. The van der Waals surface area contributed by atoms with E-state index in [9.17, 15) is 14.5 Å². The molecule has 5 nitrogen and oxygen atoms in total. The first kappa shape index (κ1) is 11.8. The van der Waals surface area contributed by atoms with Crippen molar-refractivity contribution in [3.05, 3.63) is 45.8 Å². The Hall–Kier alpha value is -2.28. The number of thiophene rings is 1. The minimum Gasteiger partial charge on any atom is -0.337 e. The summed E-state index contributed by atoms with van der Waals surface area (Å²) in [6, 6.07) is 6.08. The van der Waals surface area contributed by atoms with Crippen LogP contribution in [0.3, 0.4) is 0 Å². The Morgan fingerprint density at radius 1 is 1.42 bits per heavy atom. The fourth-order valence-electron chi connectivity index (χ4n) is 1.81. The summed E-state index contributed by atoms with van der Waals surface area (Å²) in [6.45, 7) is 1.67. The standard InChI is InChI=1S/C12H8FN3O2S/c1-6-4-8-9(5-7(6)13)15-12(14-8)10-2-3-11(19-10)16(17)18/h2-5H,1H3,(H,14,15). The first-order valence-electron chi connectivity index (χ1n) is 5.45. The predicted octanol–water partition coefficient (Wildman–Crippen LogP) is 3.65. The van der Waals surface area contributed by atoms with Crippen LogP contribution in [-0.4, -0.2) is 14.9 Å². The van der Waals surface area contributed by atoms with Crippen LogP contribution in [0, 0.1) is 22.9 Å². The normalized spacial score (nSPS) is 11.1. The summed E-state index contributed by atoms with van der Waals surface area (Å²) in [4.78, 5) is 18.1. The van der Waals surface area contributed by atoms with E-state index in [4.69, 9.17) is 0 Å². The summed E-state index contributed by atoms with van der Waals surface area (Å²) >= 11 is 1.03. The van der Waals surface area contributed by atoms with Crippen LogP contribution in [0.15, 0.2) is 24.3 Å². The Morgan fingerprint density at radius 2 is 2.21 bits per heavy atom. The Balaban J connectivity index is 2.12. The van der Waals surface area contributed by atoms with Gasteiger partial charge in [0.2, 0.25) is 0 Å². The Kier molecular flexibility index (Phi) is 2.56. The second kappa shape index (κ2) is 4.13. The highest BCUT2D eigenvalue weighted by Gasteiger charge is 2.14. The zero-order chi connectivity index (χ0) is 13.6. The number of aromatic amines is 1. The van der Waals surface area contributed by atoms with E-state index in [2.05, 4.69) is 9.97 Å². The average Bonchev–Trinajstić information content (AvgIpc) is 2.95. The largest absolute Gasteiger partial charge is 0.337 e. The van der Waals surface area contributed by atoms with E-state index in [0.29, 0.717) is 27.3 Å². The molecule has 1 N–H and O–H groups in total. The summed E-state index contributed by atoms with van der Waals surface area (Å²) in [7, 11) is 0. The van der Waals surface area contributed by atoms with Crippen molar-refractivity contribution in [2.75, 3.05) is 0 Å². The molecule has 0 bridgehead atoms. The molecule has 0 aliphatic rings. The van der Waals surface area contributed by atoms with Crippen LogP contribution in [0.5, 0.6) is 0 Å².